The molecule has 5 heteroatoms. The van der Waals surface area contributed by atoms with Crippen molar-refractivity contribution in [2.24, 2.45) is 0 Å². The van der Waals surface area contributed by atoms with Gasteiger partial charge in [-0.1, -0.05) is 18.2 Å². The van der Waals surface area contributed by atoms with E-state index in [1.165, 1.54) is 0 Å². The summed E-state index contributed by atoms with van der Waals surface area (Å²) in [4.78, 5) is 0. The third kappa shape index (κ3) is 2.61. The summed E-state index contributed by atoms with van der Waals surface area (Å²) >= 11 is 4.97. The standard InChI is InChI=1S/C6H8ClF3O/c1-4(8)6(9,10)5(2)11-3-7/h4H,2-3H2,1H3. The molecule has 0 saturated heterocycles. The first-order chi connectivity index (χ1) is 4.92. The second-order valence-corrected chi connectivity index (χ2v) is 2.13. The number of rotatable bonds is 4. The van der Waals surface area contributed by atoms with Crippen LogP contribution in [0.1, 0.15) is 6.92 Å². The molecule has 0 aliphatic rings. The van der Waals surface area contributed by atoms with Crippen molar-refractivity contribution in [2.45, 2.75) is 19.0 Å². The van der Waals surface area contributed by atoms with E-state index in [-0.39, 0.29) is 0 Å². The van der Waals surface area contributed by atoms with Crippen LogP contribution in [-0.4, -0.2) is 18.2 Å². The fourth-order valence-electron chi connectivity index (χ4n) is 0.384. The first kappa shape index (κ1) is 10.6. The van der Waals surface area contributed by atoms with Gasteiger partial charge in [-0.25, -0.2) is 4.39 Å². The molecule has 0 N–H and O–H groups in total. The molecule has 0 spiro atoms. The molecule has 0 heterocycles. The van der Waals surface area contributed by atoms with Crippen molar-refractivity contribution in [2.75, 3.05) is 6.07 Å². The fraction of sp³-hybridized carbons (Fsp3) is 0.667. The maximum atomic E-state index is 12.5. The molecule has 66 valence electrons. The van der Waals surface area contributed by atoms with Gasteiger partial charge in [-0.3, -0.25) is 0 Å². The normalized spacial score (nSPS) is 14.3. The van der Waals surface area contributed by atoms with Crippen molar-refractivity contribution < 1.29 is 17.9 Å². The van der Waals surface area contributed by atoms with E-state index >= 15 is 0 Å². The lowest BCUT2D eigenvalue weighted by atomic mass is 10.2. The van der Waals surface area contributed by atoms with E-state index in [2.05, 4.69) is 11.3 Å². The Morgan fingerprint density at radius 2 is 2.18 bits per heavy atom. The molecule has 0 aliphatic carbocycles. The molecule has 0 aromatic rings. The summed E-state index contributed by atoms with van der Waals surface area (Å²) < 4.78 is 41.2. The van der Waals surface area contributed by atoms with Crippen LogP contribution < -0.4 is 0 Å². The monoisotopic (exact) mass is 188 g/mol. The lowest BCUT2D eigenvalue weighted by molar-refractivity contribution is -0.0689. The fourth-order valence-corrected chi connectivity index (χ4v) is 0.516. The van der Waals surface area contributed by atoms with E-state index in [0.717, 1.165) is 6.92 Å². The molecule has 0 amide bonds. The number of hydrogen-bond donors (Lipinski definition) is 0. The Morgan fingerprint density at radius 3 is 2.45 bits per heavy atom. The van der Waals surface area contributed by atoms with E-state index in [1.54, 1.807) is 0 Å². The van der Waals surface area contributed by atoms with Gasteiger partial charge in [-0.15, -0.1) is 0 Å². The van der Waals surface area contributed by atoms with Crippen LogP contribution in [-0.2, 0) is 4.74 Å². The van der Waals surface area contributed by atoms with E-state index in [4.69, 9.17) is 11.6 Å². The zero-order valence-electron chi connectivity index (χ0n) is 5.91. The summed E-state index contributed by atoms with van der Waals surface area (Å²) in [6.07, 6.45) is -2.32. The molecule has 0 aromatic heterocycles. The van der Waals surface area contributed by atoms with Crippen LogP contribution in [0.15, 0.2) is 12.3 Å². The zero-order valence-corrected chi connectivity index (χ0v) is 6.67. The summed E-state index contributed by atoms with van der Waals surface area (Å²) in [6.45, 7) is 3.57. The van der Waals surface area contributed by atoms with Crippen molar-refractivity contribution in [3.8, 4) is 0 Å². The van der Waals surface area contributed by atoms with E-state index in [1.807, 2.05) is 0 Å². The molecule has 1 unspecified atom stereocenters. The van der Waals surface area contributed by atoms with Gasteiger partial charge in [-0.05, 0) is 6.92 Å². The van der Waals surface area contributed by atoms with Crippen LogP contribution in [0.3, 0.4) is 0 Å². The second kappa shape index (κ2) is 3.85. The highest BCUT2D eigenvalue weighted by molar-refractivity contribution is 6.17. The van der Waals surface area contributed by atoms with Gasteiger partial charge in [0.15, 0.2) is 18.0 Å². The maximum Gasteiger partial charge on any atom is 0.333 e. The molecule has 1 nitrogen and oxygen atoms in total. The highest BCUT2D eigenvalue weighted by atomic mass is 35.5. The average molecular weight is 189 g/mol. The number of alkyl halides is 4. The predicted octanol–water partition coefficient (Wildman–Crippen LogP) is 2.71. The lowest BCUT2D eigenvalue weighted by Gasteiger charge is -2.19. The van der Waals surface area contributed by atoms with Gasteiger partial charge in [0.05, 0.1) is 0 Å². The highest BCUT2D eigenvalue weighted by Gasteiger charge is 2.41. The molecule has 0 bridgehead atoms. The third-order valence-corrected chi connectivity index (χ3v) is 1.21. The van der Waals surface area contributed by atoms with Crippen molar-refractivity contribution in [3.05, 3.63) is 12.3 Å². The summed E-state index contributed by atoms with van der Waals surface area (Å²) in [5.74, 6) is -4.60. The van der Waals surface area contributed by atoms with Gasteiger partial charge in [0.25, 0.3) is 0 Å². The number of hydrogen-bond acceptors (Lipinski definition) is 1. The zero-order chi connectivity index (χ0) is 9.07. The van der Waals surface area contributed by atoms with Crippen LogP contribution in [0.25, 0.3) is 0 Å². The Bertz CT molecular complexity index is 147. The second-order valence-electron chi connectivity index (χ2n) is 1.92. The Morgan fingerprint density at radius 1 is 1.73 bits per heavy atom. The summed E-state index contributed by atoms with van der Waals surface area (Å²) in [7, 11) is 0. The Hall–Kier alpha value is -0.380. The first-order valence-electron chi connectivity index (χ1n) is 2.83. The van der Waals surface area contributed by atoms with E-state index in [0.29, 0.717) is 0 Å². The van der Waals surface area contributed by atoms with E-state index < -0.39 is 23.9 Å². The largest absolute Gasteiger partial charge is 0.476 e. The maximum absolute atomic E-state index is 12.5. The Balaban J connectivity index is 4.18. The van der Waals surface area contributed by atoms with Gasteiger partial charge < -0.3 is 4.74 Å². The number of halogens is 4. The quantitative estimate of drug-likeness (QED) is 0.487. The summed E-state index contributed by atoms with van der Waals surface area (Å²) in [6, 6.07) is -0.457. The minimum Gasteiger partial charge on any atom is -0.476 e. The Kier molecular flexibility index (Phi) is 3.72. The smallest absolute Gasteiger partial charge is 0.333 e. The predicted molar refractivity (Wildman–Crippen MR) is 36.5 cm³/mol. The average Bonchev–Trinajstić information content (AvgIpc) is 1.88. The van der Waals surface area contributed by atoms with Crippen LogP contribution >= 0.6 is 11.6 Å². The molecule has 0 aromatic carbocycles. The van der Waals surface area contributed by atoms with Crippen molar-refractivity contribution in [1.82, 2.24) is 0 Å². The van der Waals surface area contributed by atoms with Crippen molar-refractivity contribution in [3.63, 3.8) is 0 Å². The van der Waals surface area contributed by atoms with Crippen LogP contribution in [0.5, 0.6) is 0 Å². The molecule has 1 atom stereocenters. The van der Waals surface area contributed by atoms with Gasteiger partial charge >= 0.3 is 5.92 Å². The van der Waals surface area contributed by atoms with Crippen molar-refractivity contribution in [1.29, 1.82) is 0 Å². The molecule has 0 saturated carbocycles. The van der Waals surface area contributed by atoms with Crippen LogP contribution in [0.2, 0.25) is 0 Å². The molecular formula is C6H8ClF3O. The number of ether oxygens (including phenoxy) is 1. The Labute approximate surface area is 67.8 Å². The molecule has 0 radical (unpaired) electrons. The van der Waals surface area contributed by atoms with Crippen LogP contribution in [0.4, 0.5) is 13.2 Å². The number of allylic oxidation sites excluding steroid dienone is 1. The molecular weight excluding hydrogens is 181 g/mol. The molecule has 0 rings (SSSR count). The molecule has 0 aliphatic heterocycles. The van der Waals surface area contributed by atoms with Gasteiger partial charge in [0, 0.05) is 0 Å². The van der Waals surface area contributed by atoms with Gasteiger partial charge in [0.1, 0.15) is 0 Å². The topological polar surface area (TPSA) is 9.23 Å². The molecule has 0 fully saturated rings. The lowest BCUT2D eigenvalue weighted by Crippen LogP contribution is -2.30. The van der Waals surface area contributed by atoms with Crippen LogP contribution in [0, 0.1) is 0 Å². The molecule has 11 heavy (non-hydrogen) atoms. The van der Waals surface area contributed by atoms with E-state index in [9.17, 15) is 13.2 Å². The minimum absolute atomic E-state index is 0.457. The van der Waals surface area contributed by atoms with Gasteiger partial charge in [-0.2, -0.15) is 8.78 Å². The van der Waals surface area contributed by atoms with Gasteiger partial charge in [0.2, 0.25) is 0 Å². The summed E-state index contributed by atoms with van der Waals surface area (Å²) in [5, 5.41) is 0. The third-order valence-electron chi connectivity index (χ3n) is 1.10. The SMILES string of the molecule is C=C(OCCl)C(F)(F)C(C)F. The highest BCUT2D eigenvalue weighted by Crippen LogP contribution is 2.29. The first-order valence-corrected chi connectivity index (χ1v) is 3.36. The minimum atomic E-state index is -3.66. The summed E-state index contributed by atoms with van der Waals surface area (Å²) in [5.41, 5.74) is 0. The van der Waals surface area contributed by atoms with Crippen molar-refractivity contribution >= 4 is 11.6 Å².